The highest BCUT2D eigenvalue weighted by Gasteiger charge is 2.31. The Kier molecular flexibility index (Phi) is 3.53. The predicted octanol–water partition coefficient (Wildman–Crippen LogP) is 0.842. The summed E-state index contributed by atoms with van der Waals surface area (Å²) >= 11 is 0. The van der Waals surface area contributed by atoms with Gasteiger partial charge in [-0.1, -0.05) is 12.1 Å². The molecule has 3 rings (SSSR count). The largest absolute Gasteiger partial charge is 0.370 e. The highest BCUT2D eigenvalue weighted by molar-refractivity contribution is 6.00. The maximum Gasteiger partial charge on any atom is 0.256 e. The van der Waals surface area contributed by atoms with Crippen LogP contribution in [0.4, 0.5) is 5.69 Å². The van der Waals surface area contributed by atoms with Crippen molar-refractivity contribution in [3.05, 3.63) is 36.5 Å². The van der Waals surface area contributed by atoms with Gasteiger partial charge >= 0.3 is 0 Å². The number of morpholine rings is 1. The maximum absolute atomic E-state index is 12.4. The summed E-state index contributed by atoms with van der Waals surface area (Å²) in [7, 11) is 0. The van der Waals surface area contributed by atoms with Crippen LogP contribution in [0.5, 0.6) is 0 Å². The summed E-state index contributed by atoms with van der Waals surface area (Å²) in [5.74, 6) is -0.786. The second-order valence-corrected chi connectivity index (χ2v) is 4.90. The second kappa shape index (κ2) is 5.49. The smallest absolute Gasteiger partial charge is 0.256 e. The van der Waals surface area contributed by atoms with Gasteiger partial charge in [-0.25, -0.2) is 0 Å². The van der Waals surface area contributed by atoms with Crippen LogP contribution in [0, 0.1) is 0 Å². The van der Waals surface area contributed by atoms with E-state index in [1.54, 1.807) is 11.1 Å². The maximum atomic E-state index is 12.4. The van der Waals surface area contributed by atoms with Crippen LogP contribution in [0.15, 0.2) is 36.5 Å². The van der Waals surface area contributed by atoms with Crippen LogP contribution in [0.1, 0.15) is 6.42 Å². The number of amides is 2. The van der Waals surface area contributed by atoms with E-state index in [0.29, 0.717) is 13.2 Å². The van der Waals surface area contributed by atoms with E-state index in [4.69, 9.17) is 10.5 Å². The average molecular weight is 285 g/mol. The summed E-state index contributed by atoms with van der Waals surface area (Å²) < 4.78 is 5.33. The van der Waals surface area contributed by atoms with Crippen molar-refractivity contribution in [2.24, 2.45) is 5.73 Å². The van der Waals surface area contributed by atoms with Crippen molar-refractivity contribution < 1.29 is 14.3 Å². The number of primary amides is 1. The summed E-state index contributed by atoms with van der Waals surface area (Å²) in [5, 5.41) is 1.01. The highest BCUT2D eigenvalue weighted by atomic mass is 16.5. The first-order valence-electron chi connectivity index (χ1n) is 6.71. The summed E-state index contributed by atoms with van der Waals surface area (Å²) in [5.41, 5.74) is 6.72. The lowest BCUT2D eigenvalue weighted by Gasteiger charge is -2.32. The monoisotopic (exact) mass is 285 g/mol. The summed E-state index contributed by atoms with van der Waals surface area (Å²) in [6, 6.07) is 9.48. The molecule has 1 saturated heterocycles. The van der Waals surface area contributed by atoms with Gasteiger partial charge in [0.25, 0.3) is 5.91 Å². The van der Waals surface area contributed by atoms with Gasteiger partial charge in [0.05, 0.1) is 18.5 Å². The molecule has 1 aromatic carbocycles. The number of hydrogen-bond acceptors (Lipinski definition) is 4. The number of nitrogens with two attached hydrogens (primary N) is 1. The quantitative estimate of drug-likeness (QED) is 0.905. The molecule has 1 atom stereocenters. The minimum Gasteiger partial charge on any atom is -0.370 e. The lowest BCUT2D eigenvalue weighted by molar-refractivity contribution is -0.138. The van der Waals surface area contributed by atoms with E-state index in [1.807, 2.05) is 30.3 Å². The minimum atomic E-state index is -0.796. The minimum absolute atomic E-state index is 0.0961. The third-order valence-corrected chi connectivity index (χ3v) is 3.46. The zero-order valence-electron chi connectivity index (χ0n) is 11.4. The van der Waals surface area contributed by atoms with Crippen molar-refractivity contribution in [1.82, 2.24) is 4.98 Å². The molecule has 2 amide bonds. The lowest BCUT2D eigenvalue weighted by Crippen LogP contribution is -2.49. The molecule has 2 aromatic rings. The zero-order chi connectivity index (χ0) is 14.8. The fourth-order valence-corrected chi connectivity index (χ4v) is 2.45. The molecule has 2 N–H and O–H groups in total. The Balaban J connectivity index is 1.90. The van der Waals surface area contributed by atoms with Gasteiger partial charge in [-0.05, 0) is 18.2 Å². The molecule has 1 aliphatic rings. The van der Waals surface area contributed by atoms with E-state index >= 15 is 0 Å². The highest BCUT2D eigenvalue weighted by Crippen LogP contribution is 2.23. The lowest BCUT2D eigenvalue weighted by atomic mass is 10.1. The van der Waals surface area contributed by atoms with Gasteiger partial charge < -0.3 is 15.4 Å². The number of fused-ring (bicyclic) bond motifs is 1. The predicted molar refractivity (Wildman–Crippen MR) is 77.6 cm³/mol. The number of benzene rings is 1. The van der Waals surface area contributed by atoms with Crippen LogP contribution in [-0.2, 0) is 14.3 Å². The van der Waals surface area contributed by atoms with Gasteiger partial charge in [-0.15, -0.1) is 0 Å². The number of ether oxygens (including phenoxy) is 1. The van der Waals surface area contributed by atoms with Gasteiger partial charge in [-0.3, -0.25) is 14.6 Å². The fourth-order valence-electron chi connectivity index (χ4n) is 2.45. The molecule has 0 radical (unpaired) electrons. The van der Waals surface area contributed by atoms with Gasteiger partial charge in [0, 0.05) is 23.8 Å². The Morgan fingerprint density at radius 1 is 1.43 bits per heavy atom. The Hall–Kier alpha value is -2.47. The molecule has 108 valence electrons. The summed E-state index contributed by atoms with van der Waals surface area (Å²) in [6.45, 7) is 0.830. The van der Waals surface area contributed by atoms with Crippen molar-refractivity contribution in [3.63, 3.8) is 0 Å². The number of hydrogen-bond donors (Lipinski definition) is 1. The first-order chi connectivity index (χ1) is 10.1. The number of aromatic nitrogens is 1. The van der Waals surface area contributed by atoms with Crippen LogP contribution in [-0.4, -0.2) is 36.1 Å². The molecule has 1 fully saturated rings. The third kappa shape index (κ3) is 2.71. The van der Waals surface area contributed by atoms with E-state index in [0.717, 1.165) is 16.6 Å². The number of carbonyl (C=O) groups is 2. The normalized spacial score (nSPS) is 19.0. The van der Waals surface area contributed by atoms with Gasteiger partial charge in [-0.2, -0.15) is 0 Å². The molecule has 0 bridgehead atoms. The molecule has 0 saturated carbocycles. The van der Waals surface area contributed by atoms with Crippen LogP contribution in [0.25, 0.3) is 10.9 Å². The molecule has 0 spiro atoms. The zero-order valence-corrected chi connectivity index (χ0v) is 11.4. The van der Waals surface area contributed by atoms with Crippen molar-refractivity contribution >= 4 is 28.4 Å². The van der Waals surface area contributed by atoms with Crippen LogP contribution in [0.3, 0.4) is 0 Å². The van der Waals surface area contributed by atoms with Crippen LogP contribution in [0.2, 0.25) is 0 Å². The second-order valence-electron chi connectivity index (χ2n) is 4.90. The van der Waals surface area contributed by atoms with Gasteiger partial charge in [0.2, 0.25) is 5.91 Å². The van der Waals surface area contributed by atoms with E-state index < -0.39 is 12.0 Å². The van der Waals surface area contributed by atoms with Crippen molar-refractivity contribution in [1.29, 1.82) is 0 Å². The van der Waals surface area contributed by atoms with Gasteiger partial charge in [0.15, 0.2) is 0 Å². The SMILES string of the molecule is NC(=O)C[C@H]1OCCN(c2ccc3cccnc3c2)C1=O. The number of anilines is 1. The van der Waals surface area contributed by atoms with Gasteiger partial charge in [0.1, 0.15) is 6.10 Å². The van der Waals surface area contributed by atoms with E-state index in [-0.39, 0.29) is 12.3 Å². The molecule has 1 aliphatic heterocycles. The molecule has 21 heavy (non-hydrogen) atoms. The Morgan fingerprint density at radius 3 is 3.10 bits per heavy atom. The Bertz CT molecular complexity index is 701. The Labute approximate surface area is 121 Å². The number of pyridine rings is 1. The summed E-state index contributed by atoms with van der Waals surface area (Å²) in [6.07, 6.45) is 0.820. The van der Waals surface area contributed by atoms with Crippen molar-refractivity contribution in [3.8, 4) is 0 Å². The van der Waals surface area contributed by atoms with E-state index in [1.165, 1.54) is 0 Å². The molecular formula is C15H15N3O3. The van der Waals surface area contributed by atoms with E-state index in [9.17, 15) is 9.59 Å². The average Bonchev–Trinajstić information content (AvgIpc) is 2.48. The molecule has 0 unspecified atom stereocenters. The first kappa shape index (κ1) is 13.5. The topological polar surface area (TPSA) is 85.5 Å². The Morgan fingerprint density at radius 2 is 2.29 bits per heavy atom. The summed E-state index contributed by atoms with van der Waals surface area (Å²) in [4.78, 5) is 29.3. The van der Waals surface area contributed by atoms with Crippen LogP contribution < -0.4 is 10.6 Å². The molecule has 0 aliphatic carbocycles. The number of rotatable bonds is 3. The first-order valence-corrected chi connectivity index (χ1v) is 6.71. The number of carbonyl (C=O) groups excluding carboxylic acids is 2. The fraction of sp³-hybridized carbons (Fsp3) is 0.267. The van der Waals surface area contributed by atoms with Crippen LogP contribution >= 0.6 is 0 Å². The van der Waals surface area contributed by atoms with Crippen molar-refractivity contribution in [2.75, 3.05) is 18.1 Å². The number of nitrogens with zero attached hydrogens (tertiary/aromatic N) is 2. The molecule has 6 heteroatoms. The van der Waals surface area contributed by atoms with Crippen molar-refractivity contribution in [2.45, 2.75) is 12.5 Å². The standard InChI is InChI=1S/C15H15N3O3/c16-14(19)9-13-15(20)18(6-7-21-13)11-4-3-10-2-1-5-17-12(10)8-11/h1-5,8,13H,6-7,9H2,(H2,16,19)/t13-/m1/s1. The molecule has 2 heterocycles. The van der Waals surface area contributed by atoms with E-state index in [2.05, 4.69) is 4.98 Å². The molecular weight excluding hydrogens is 270 g/mol. The third-order valence-electron chi connectivity index (χ3n) is 3.46. The molecule has 6 nitrogen and oxygen atoms in total. The molecule has 1 aromatic heterocycles.